The number of fused-ring (bicyclic) bond motifs is 1. The summed E-state index contributed by atoms with van der Waals surface area (Å²) in [6, 6.07) is 3.58. The number of piperazine rings is 1. The number of esters is 1. The highest BCUT2D eigenvalue weighted by Gasteiger charge is 2.29. The Morgan fingerprint density at radius 3 is 2.95 bits per heavy atom. The van der Waals surface area contributed by atoms with Crippen molar-refractivity contribution in [3.63, 3.8) is 0 Å². The minimum absolute atomic E-state index is 0.0508. The fourth-order valence-electron chi connectivity index (χ4n) is 2.62. The van der Waals surface area contributed by atoms with Crippen LogP contribution >= 0.6 is 0 Å². The molecule has 1 aromatic carbocycles. The van der Waals surface area contributed by atoms with E-state index >= 15 is 0 Å². The van der Waals surface area contributed by atoms with E-state index in [4.69, 9.17) is 9.47 Å². The third-order valence-electron chi connectivity index (χ3n) is 3.62. The minimum Gasteiger partial charge on any atom is -0.481 e. The van der Waals surface area contributed by atoms with Crippen molar-refractivity contribution in [3.05, 3.63) is 23.3 Å². The van der Waals surface area contributed by atoms with Crippen molar-refractivity contribution in [1.29, 1.82) is 0 Å². The number of nitrogens with one attached hydrogen (secondary N) is 3. The number of hydrogen-bond donors (Lipinski definition) is 3. The van der Waals surface area contributed by atoms with Gasteiger partial charge in [-0.25, -0.2) is 4.79 Å². The molecule has 21 heavy (non-hydrogen) atoms. The Hall–Kier alpha value is -2.12. The van der Waals surface area contributed by atoms with Gasteiger partial charge in [0.1, 0.15) is 5.75 Å². The van der Waals surface area contributed by atoms with Crippen LogP contribution in [0, 0.1) is 0 Å². The maximum absolute atomic E-state index is 11.8. The number of methoxy groups -OCH3 is 1. The third kappa shape index (κ3) is 2.57. The normalized spacial score (nSPS) is 21.0. The number of carbonyl (C=O) groups is 2. The van der Waals surface area contributed by atoms with E-state index in [9.17, 15) is 9.59 Å². The Morgan fingerprint density at radius 2 is 2.24 bits per heavy atom. The Bertz CT molecular complexity index is 582. The molecule has 1 aromatic rings. The fourth-order valence-corrected chi connectivity index (χ4v) is 2.62. The van der Waals surface area contributed by atoms with E-state index in [-0.39, 0.29) is 18.6 Å². The predicted molar refractivity (Wildman–Crippen MR) is 75.5 cm³/mol. The second-order valence-corrected chi connectivity index (χ2v) is 4.95. The average Bonchev–Trinajstić information content (AvgIpc) is 2.53. The molecule has 1 fully saturated rings. The van der Waals surface area contributed by atoms with Crippen LogP contribution in [0.15, 0.2) is 12.1 Å². The van der Waals surface area contributed by atoms with E-state index in [0.717, 1.165) is 25.2 Å². The molecule has 112 valence electrons. The number of anilines is 1. The quantitative estimate of drug-likeness (QED) is 0.667. The van der Waals surface area contributed by atoms with Gasteiger partial charge in [-0.2, -0.15) is 0 Å². The Balaban J connectivity index is 2.04. The Morgan fingerprint density at radius 1 is 1.38 bits per heavy atom. The summed E-state index contributed by atoms with van der Waals surface area (Å²) < 4.78 is 10.3. The van der Waals surface area contributed by atoms with Crippen LogP contribution in [-0.4, -0.2) is 45.2 Å². The van der Waals surface area contributed by atoms with E-state index in [0.29, 0.717) is 17.0 Å². The molecular weight excluding hydrogens is 274 g/mol. The summed E-state index contributed by atoms with van der Waals surface area (Å²) in [6.07, 6.45) is 0. The molecule has 0 aromatic heterocycles. The zero-order chi connectivity index (χ0) is 14.8. The van der Waals surface area contributed by atoms with Crippen LogP contribution in [-0.2, 0) is 9.53 Å². The maximum Gasteiger partial charge on any atom is 0.340 e. The summed E-state index contributed by atoms with van der Waals surface area (Å²) in [7, 11) is 1.31. The Labute approximate surface area is 122 Å². The van der Waals surface area contributed by atoms with Gasteiger partial charge < -0.3 is 25.4 Å². The van der Waals surface area contributed by atoms with Crippen LogP contribution in [0.5, 0.6) is 5.75 Å². The van der Waals surface area contributed by atoms with Crippen LogP contribution in [0.3, 0.4) is 0 Å². The van der Waals surface area contributed by atoms with Gasteiger partial charge in [-0.05, 0) is 6.07 Å². The molecule has 3 N–H and O–H groups in total. The first-order valence-corrected chi connectivity index (χ1v) is 6.82. The summed E-state index contributed by atoms with van der Waals surface area (Å²) in [5.41, 5.74) is 1.61. The first-order valence-electron chi connectivity index (χ1n) is 6.82. The monoisotopic (exact) mass is 291 g/mol. The zero-order valence-electron chi connectivity index (χ0n) is 11.7. The van der Waals surface area contributed by atoms with Gasteiger partial charge in [0.25, 0.3) is 5.91 Å². The van der Waals surface area contributed by atoms with Gasteiger partial charge in [0.2, 0.25) is 0 Å². The smallest absolute Gasteiger partial charge is 0.340 e. The van der Waals surface area contributed by atoms with E-state index in [1.807, 2.05) is 6.07 Å². The molecule has 3 rings (SSSR count). The van der Waals surface area contributed by atoms with Crippen LogP contribution in [0.25, 0.3) is 0 Å². The molecule has 0 bridgehead atoms. The van der Waals surface area contributed by atoms with Crippen LogP contribution in [0.2, 0.25) is 0 Å². The Kier molecular flexibility index (Phi) is 3.76. The molecule has 2 heterocycles. The minimum atomic E-state index is -0.502. The molecule has 0 radical (unpaired) electrons. The van der Waals surface area contributed by atoms with Crippen molar-refractivity contribution in [2.45, 2.75) is 6.04 Å². The summed E-state index contributed by atoms with van der Waals surface area (Å²) in [5, 5.41) is 9.40. The van der Waals surface area contributed by atoms with Gasteiger partial charge in [-0.15, -0.1) is 0 Å². The standard InChI is InChI=1S/C14H17N3O4/c1-20-14(19)9-3-2-8(10-6-15-4-5-16-10)13-12(9)17-11(18)7-21-13/h2-3,10,15-16H,4-7H2,1H3,(H,17,18). The SMILES string of the molecule is COC(=O)c1ccc(C2CNCCN2)c2c1NC(=O)CO2. The van der Waals surface area contributed by atoms with Gasteiger partial charge in [-0.3, -0.25) is 4.79 Å². The summed E-state index contributed by atoms with van der Waals surface area (Å²) in [6.45, 7) is 2.48. The second kappa shape index (κ2) is 5.71. The number of amides is 1. The van der Waals surface area contributed by atoms with Crippen molar-refractivity contribution in [2.75, 3.05) is 38.7 Å². The van der Waals surface area contributed by atoms with E-state index in [1.54, 1.807) is 6.07 Å². The maximum atomic E-state index is 11.8. The van der Waals surface area contributed by atoms with Crippen molar-refractivity contribution in [1.82, 2.24) is 10.6 Å². The number of ether oxygens (including phenoxy) is 2. The lowest BCUT2D eigenvalue weighted by Crippen LogP contribution is -2.43. The highest BCUT2D eigenvalue weighted by Crippen LogP contribution is 2.38. The molecule has 7 heteroatoms. The van der Waals surface area contributed by atoms with Gasteiger partial charge >= 0.3 is 5.97 Å². The van der Waals surface area contributed by atoms with Crippen LogP contribution in [0.4, 0.5) is 5.69 Å². The number of benzene rings is 1. The fraction of sp³-hybridized carbons (Fsp3) is 0.429. The lowest BCUT2D eigenvalue weighted by Gasteiger charge is -2.29. The largest absolute Gasteiger partial charge is 0.481 e. The highest BCUT2D eigenvalue weighted by atomic mass is 16.5. The lowest BCUT2D eigenvalue weighted by molar-refractivity contribution is -0.118. The van der Waals surface area contributed by atoms with Crippen molar-refractivity contribution in [3.8, 4) is 5.75 Å². The number of rotatable bonds is 2. The van der Waals surface area contributed by atoms with E-state index in [2.05, 4.69) is 16.0 Å². The zero-order valence-corrected chi connectivity index (χ0v) is 11.7. The molecule has 0 saturated carbocycles. The molecule has 0 spiro atoms. The summed E-state index contributed by atoms with van der Waals surface area (Å²) >= 11 is 0. The molecule has 2 aliphatic heterocycles. The number of hydrogen-bond acceptors (Lipinski definition) is 6. The van der Waals surface area contributed by atoms with Crippen molar-refractivity contribution >= 4 is 17.6 Å². The van der Waals surface area contributed by atoms with Crippen LogP contribution in [0.1, 0.15) is 22.0 Å². The average molecular weight is 291 g/mol. The summed E-state index contributed by atoms with van der Waals surface area (Å²) in [4.78, 5) is 23.4. The van der Waals surface area contributed by atoms with Gasteiger partial charge in [-0.1, -0.05) is 6.07 Å². The molecule has 1 amide bonds. The third-order valence-corrected chi connectivity index (χ3v) is 3.62. The first-order chi connectivity index (χ1) is 10.2. The number of carbonyl (C=O) groups excluding carboxylic acids is 2. The molecular formula is C14H17N3O4. The second-order valence-electron chi connectivity index (χ2n) is 4.95. The first kappa shape index (κ1) is 13.8. The molecule has 1 saturated heterocycles. The molecule has 0 aliphatic carbocycles. The molecule has 7 nitrogen and oxygen atoms in total. The van der Waals surface area contributed by atoms with E-state index in [1.165, 1.54) is 7.11 Å². The molecule has 1 atom stereocenters. The lowest BCUT2D eigenvalue weighted by atomic mass is 9.99. The van der Waals surface area contributed by atoms with Gasteiger partial charge in [0, 0.05) is 31.2 Å². The van der Waals surface area contributed by atoms with E-state index < -0.39 is 5.97 Å². The van der Waals surface area contributed by atoms with Gasteiger partial charge in [0.15, 0.2) is 6.61 Å². The van der Waals surface area contributed by atoms with Crippen molar-refractivity contribution in [2.24, 2.45) is 0 Å². The van der Waals surface area contributed by atoms with Crippen LogP contribution < -0.4 is 20.7 Å². The summed E-state index contributed by atoms with van der Waals surface area (Å²) in [5.74, 6) is -0.239. The molecule has 2 aliphatic rings. The predicted octanol–water partition coefficient (Wildman–Crippen LogP) is 0.0380. The topological polar surface area (TPSA) is 88.7 Å². The molecule has 1 unspecified atom stereocenters. The van der Waals surface area contributed by atoms with Gasteiger partial charge in [0.05, 0.1) is 18.4 Å². The highest BCUT2D eigenvalue weighted by molar-refractivity contribution is 6.05. The van der Waals surface area contributed by atoms with Crippen molar-refractivity contribution < 1.29 is 19.1 Å².